The molecule has 0 fully saturated rings. The number of hydrogen-bond acceptors (Lipinski definition) is 2. The van der Waals surface area contributed by atoms with E-state index >= 15 is 0 Å². The molecule has 0 aliphatic heterocycles. The number of allylic oxidation sites excluding steroid dienone is 1. The zero-order valence-electron chi connectivity index (χ0n) is 13.6. The monoisotopic (exact) mass is 332 g/mol. The van der Waals surface area contributed by atoms with E-state index in [1.165, 1.54) is 0 Å². The van der Waals surface area contributed by atoms with E-state index in [2.05, 4.69) is 43.4 Å². The maximum absolute atomic E-state index is 12.5. The molecule has 0 saturated heterocycles. The van der Waals surface area contributed by atoms with Gasteiger partial charge < -0.3 is 0 Å². The molecule has 0 bridgehead atoms. The fourth-order valence-electron chi connectivity index (χ4n) is 1.89. The van der Waals surface area contributed by atoms with Crippen molar-refractivity contribution in [3.63, 3.8) is 0 Å². The first kappa shape index (κ1) is 18.5. The molecule has 0 radical (unpaired) electrons. The summed E-state index contributed by atoms with van der Waals surface area (Å²) in [6.45, 7) is 10.2. The van der Waals surface area contributed by atoms with E-state index in [0.717, 1.165) is 19.3 Å². The minimum atomic E-state index is -3.45. The maximum atomic E-state index is 12.5. The van der Waals surface area contributed by atoms with E-state index in [9.17, 15) is 8.42 Å². The summed E-state index contributed by atoms with van der Waals surface area (Å²) in [5, 5.41) is 0. The highest BCUT2D eigenvalue weighted by Crippen LogP contribution is 2.22. The standard InChI is InChI=1S/C18H24O2SSi/c1-5-17(13-9-6-7-12-16-22(2,3)4)21(19,20)18-14-10-8-11-15-18/h8,10-11,14-15H,1,6-7,9,13H2,2-4H3. The second-order valence-electron chi connectivity index (χ2n) is 6.18. The lowest BCUT2D eigenvalue weighted by Gasteiger charge is -2.07. The van der Waals surface area contributed by atoms with Gasteiger partial charge in [-0.05, 0) is 31.4 Å². The number of hydrogen-bond donors (Lipinski definition) is 0. The van der Waals surface area contributed by atoms with Gasteiger partial charge in [-0.25, -0.2) is 8.42 Å². The van der Waals surface area contributed by atoms with Crippen molar-refractivity contribution in [1.29, 1.82) is 0 Å². The van der Waals surface area contributed by atoms with Crippen LogP contribution in [0.2, 0.25) is 19.6 Å². The second kappa shape index (κ2) is 8.19. The molecule has 0 aliphatic carbocycles. The first-order valence-electron chi connectivity index (χ1n) is 7.46. The van der Waals surface area contributed by atoms with Gasteiger partial charge in [-0.2, -0.15) is 0 Å². The molecule has 0 aliphatic rings. The Morgan fingerprint density at radius 2 is 1.77 bits per heavy atom. The highest BCUT2D eigenvalue weighted by atomic mass is 32.2. The van der Waals surface area contributed by atoms with Gasteiger partial charge in [0, 0.05) is 6.42 Å². The zero-order valence-corrected chi connectivity index (χ0v) is 15.5. The third-order valence-corrected chi connectivity index (χ3v) is 5.81. The minimum Gasteiger partial charge on any atom is -0.218 e. The predicted octanol–water partition coefficient (Wildman–Crippen LogP) is 4.57. The van der Waals surface area contributed by atoms with Crippen molar-refractivity contribution in [3.8, 4) is 11.5 Å². The highest BCUT2D eigenvalue weighted by molar-refractivity contribution is 7.95. The van der Waals surface area contributed by atoms with Crippen LogP contribution in [0.25, 0.3) is 0 Å². The van der Waals surface area contributed by atoms with Crippen LogP contribution in [0.1, 0.15) is 25.7 Å². The number of sulfone groups is 1. The van der Waals surface area contributed by atoms with E-state index in [1.54, 1.807) is 30.3 Å². The average molecular weight is 333 g/mol. The molecule has 4 heteroatoms. The van der Waals surface area contributed by atoms with Gasteiger partial charge >= 0.3 is 0 Å². The van der Waals surface area contributed by atoms with Gasteiger partial charge in [-0.1, -0.05) is 44.4 Å². The molecule has 0 spiro atoms. The Bertz CT molecular complexity index is 695. The molecule has 0 aromatic heterocycles. The van der Waals surface area contributed by atoms with Crippen molar-refractivity contribution in [2.75, 3.05) is 0 Å². The fraction of sp³-hybridized carbons (Fsp3) is 0.389. The van der Waals surface area contributed by atoms with Gasteiger partial charge in [-0.3, -0.25) is 0 Å². The molecule has 0 N–H and O–H groups in total. The van der Waals surface area contributed by atoms with Crippen LogP contribution in [0.15, 0.2) is 52.4 Å². The predicted molar refractivity (Wildman–Crippen MR) is 95.9 cm³/mol. The third-order valence-electron chi connectivity index (χ3n) is 2.99. The molecule has 1 rings (SSSR count). The van der Waals surface area contributed by atoms with Gasteiger partial charge in [-0.15, -0.1) is 17.2 Å². The average Bonchev–Trinajstić information content (AvgIpc) is 2.46. The zero-order chi connectivity index (χ0) is 16.6. The summed E-state index contributed by atoms with van der Waals surface area (Å²) in [7, 11) is -4.76. The molecule has 2 nitrogen and oxygen atoms in total. The summed E-state index contributed by atoms with van der Waals surface area (Å²) in [4.78, 5) is 0.580. The lowest BCUT2D eigenvalue weighted by atomic mass is 10.2. The normalized spacial score (nSPS) is 11.2. The van der Waals surface area contributed by atoms with Crippen LogP contribution in [-0.4, -0.2) is 16.5 Å². The minimum absolute atomic E-state index is 0.275. The Morgan fingerprint density at radius 1 is 1.14 bits per heavy atom. The molecule has 0 atom stereocenters. The van der Waals surface area contributed by atoms with Gasteiger partial charge in [0.25, 0.3) is 0 Å². The molecule has 118 valence electrons. The molecule has 0 amide bonds. The molecule has 22 heavy (non-hydrogen) atoms. The Kier molecular flexibility index (Phi) is 6.89. The van der Waals surface area contributed by atoms with Crippen LogP contribution in [0.5, 0.6) is 0 Å². The van der Waals surface area contributed by atoms with Crippen molar-refractivity contribution >= 4 is 17.9 Å². The SMILES string of the molecule is C=C=C(CCCCC#C[Si](C)(C)C)S(=O)(=O)c1ccccc1. The summed E-state index contributed by atoms with van der Waals surface area (Å²) in [5.41, 5.74) is 5.92. The third kappa shape index (κ3) is 6.07. The van der Waals surface area contributed by atoms with E-state index in [0.29, 0.717) is 11.3 Å². The molecular formula is C18H24O2SSi. The molecule has 0 unspecified atom stereocenters. The Labute approximate surface area is 135 Å². The van der Waals surface area contributed by atoms with Crippen LogP contribution in [0.4, 0.5) is 0 Å². The van der Waals surface area contributed by atoms with Crippen LogP contribution >= 0.6 is 0 Å². The summed E-state index contributed by atoms with van der Waals surface area (Å²) in [5.74, 6) is 3.20. The lowest BCUT2D eigenvalue weighted by Crippen LogP contribution is -2.16. The summed E-state index contributed by atoms with van der Waals surface area (Å²) >= 11 is 0. The number of benzene rings is 1. The van der Waals surface area contributed by atoms with Crippen LogP contribution in [-0.2, 0) is 9.84 Å². The summed E-state index contributed by atoms with van der Waals surface area (Å²) in [6, 6.07) is 8.45. The lowest BCUT2D eigenvalue weighted by molar-refractivity contribution is 0.598. The van der Waals surface area contributed by atoms with E-state index in [1.807, 2.05) is 0 Å². The first-order valence-corrected chi connectivity index (χ1v) is 12.4. The van der Waals surface area contributed by atoms with E-state index < -0.39 is 17.9 Å². The van der Waals surface area contributed by atoms with E-state index in [4.69, 9.17) is 0 Å². The van der Waals surface area contributed by atoms with Gasteiger partial charge in [0.2, 0.25) is 9.84 Å². The molecule has 0 saturated carbocycles. The van der Waals surface area contributed by atoms with Crippen LogP contribution < -0.4 is 0 Å². The van der Waals surface area contributed by atoms with E-state index in [-0.39, 0.29) is 4.91 Å². The van der Waals surface area contributed by atoms with Crippen molar-refractivity contribution in [3.05, 3.63) is 47.5 Å². The Balaban J connectivity index is 2.60. The highest BCUT2D eigenvalue weighted by Gasteiger charge is 2.19. The van der Waals surface area contributed by atoms with Crippen molar-refractivity contribution < 1.29 is 8.42 Å². The van der Waals surface area contributed by atoms with Crippen LogP contribution in [0, 0.1) is 11.5 Å². The van der Waals surface area contributed by atoms with Gasteiger partial charge in [0.05, 0.1) is 9.80 Å². The number of unbranched alkanes of at least 4 members (excludes halogenated alkanes) is 2. The maximum Gasteiger partial charge on any atom is 0.209 e. The van der Waals surface area contributed by atoms with Crippen molar-refractivity contribution in [2.45, 2.75) is 50.2 Å². The smallest absolute Gasteiger partial charge is 0.209 e. The fourth-order valence-corrected chi connectivity index (χ4v) is 3.94. The first-order chi connectivity index (χ1) is 10.3. The quantitative estimate of drug-likeness (QED) is 0.331. The topological polar surface area (TPSA) is 34.1 Å². The summed E-state index contributed by atoms with van der Waals surface area (Å²) in [6.07, 6.45) is 2.96. The summed E-state index contributed by atoms with van der Waals surface area (Å²) < 4.78 is 24.9. The van der Waals surface area contributed by atoms with Gasteiger partial charge in [0.15, 0.2) is 0 Å². The Hall–Kier alpha value is -1.53. The van der Waals surface area contributed by atoms with Gasteiger partial charge in [0.1, 0.15) is 8.07 Å². The van der Waals surface area contributed by atoms with Crippen molar-refractivity contribution in [1.82, 2.24) is 0 Å². The second-order valence-corrected chi connectivity index (χ2v) is 12.9. The molecule has 1 aromatic rings. The molecular weight excluding hydrogens is 308 g/mol. The molecule has 0 heterocycles. The largest absolute Gasteiger partial charge is 0.218 e. The molecule has 1 aromatic carbocycles. The Morgan fingerprint density at radius 3 is 2.32 bits per heavy atom. The number of rotatable bonds is 6. The van der Waals surface area contributed by atoms with Crippen LogP contribution in [0.3, 0.4) is 0 Å². The van der Waals surface area contributed by atoms with Crippen molar-refractivity contribution in [2.24, 2.45) is 0 Å².